The number of aromatic amines is 1. The van der Waals surface area contributed by atoms with E-state index < -0.39 is 0 Å². The molecule has 3 aromatic heterocycles. The normalized spacial score (nSPS) is 17.4. The second-order valence-electron chi connectivity index (χ2n) is 6.29. The summed E-state index contributed by atoms with van der Waals surface area (Å²) in [6.45, 7) is 3.15. The van der Waals surface area contributed by atoms with Crippen molar-refractivity contribution in [2.24, 2.45) is 0 Å². The number of hydrogen-bond donors (Lipinski definition) is 2. The van der Waals surface area contributed by atoms with Crippen molar-refractivity contribution in [1.82, 2.24) is 25.5 Å². The van der Waals surface area contributed by atoms with Gasteiger partial charge in [-0.15, -0.1) is 5.10 Å². The van der Waals surface area contributed by atoms with E-state index in [1.54, 1.807) is 13.1 Å². The molecule has 9 heteroatoms. The van der Waals surface area contributed by atoms with Crippen LogP contribution in [0.1, 0.15) is 29.0 Å². The maximum atomic E-state index is 12.8. The number of anilines is 1. The third kappa shape index (κ3) is 2.92. The number of nitrogens with one attached hydrogen (secondary N) is 2. The molecule has 4 rings (SSSR count). The lowest BCUT2D eigenvalue weighted by atomic mass is 10.0. The summed E-state index contributed by atoms with van der Waals surface area (Å²) in [6, 6.07) is 3.68. The molecule has 1 atom stereocenters. The fourth-order valence-corrected chi connectivity index (χ4v) is 3.35. The fraction of sp³-hybridized carbons (Fsp3) is 0.353. The summed E-state index contributed by atoms with van der Waals surface area (Å²) in [5, 5.41) is 11.2. The number of furan rings is 1. The zero-order valence-electron chi connectivity index (χ0n) is 14.2. The minimum atomic E-state index is -0.387. The first-order valence-electron chi connectivity index (χ1n) is 8.44. The number of fused-ring (bicyclic) bond motifs is 1. The molecule has 0 spiro atoms. The predicted octanol–water partition coefficient (Wildman–Crippen LogP) is 1.01. The Bertz CT molecular complexity index is 997. The molecule has 9 nitrogen and oxygen atoms in total. The molecule has 1 unspecified atom stereocenters. The number of hydrogen-bond acceptors (Lipinski definition) is 7. The molecule has 0 saturated carbocycles. The molecule has 0 aliphatic carbocycles. The van der Waals surface area contributed by atoms with E-state index in [2.05, 4.69) is 30.4 Å². The largest absolute Gasteiger partial charge is 0.442 e. The number of piperidine rings is 1. The third-order valence-corrected chi connectivity index (χ3v) is 4.54. The van der Waals surface area contributed by atoms with Gasteiger partial charge in [-0.3, -0.25) is 9.59 Å². The Kier molecular flexibility index (Phi) is 4.11. The van der Waals surface area contributed by atoms with Crippen LogP contribution in [0.15, 0.2) is 33.9 Å². The van der Waals surface area contributed by atoms with Crippen molar-refractivity contribution < 1.29 is 9.21 Å². The lowest BCUT2D eigenvalue weighted by Crippen LogP contribution is -2.48. The van der Waals surface area contributed by atoms with Gasteiger partial charge in [0.05, 0.1) is 11.9 Å². The van der Waals surface area contributed by atoms with Crippen LogP contribution in [0.3, 0.4) is 0 Å². The summed E-state index contributed by atoms with van der Waals surface area (Å²) in [4.78, 5) is 33.5. The van der Waals surface area contributed by atoms with Gasteiger partial charge in [-0.25, -0.2) is 4.98 Å². The van der Waals surface area contributed by atoms with E-state index in [4.69, 9.17) is 4.42 Å². The smallest absolute Gasteiger partial charge is 0.262 e. The second-order valence-corrected chi connectivity index (χ2v) is 6.29. The minimum Gasteiger partial charge on any atom is -0.442 e. The Hall–Kier alpha value is -3.23. The SMILES string of the molecule is Cc1oc2nc[nH]c(=O)c2c1C(=O)NC1CCCN(c2cccnn2)C1. The van der Waals surface area contributed by atoms with Crippen LogP contribution in [0.4, 0.5) is 5.82 Å². The van der Waals surface area contributed by atoms with Crippen molar-refractivity contribution in [2.45, 2.75) is 25.8 Å². The summed E-state index contributed by atoms with van der Waals surface area (Å²) in [6.07, 6.45) is 4.67. The van der Waals surface area contributed by atoms with E-state index in [9.17, 15) is 9.59 Å². The van der Waals surface area contributed by atoms with Gasteiger partial charge in [-0.2, -0.15) is 5.10 Å². The van der Waals surface area contributed by atoms with Crippen LogP contribution in [-0.4, -0.2) is 45.2 Å². The van der Waals surface area contributed by atoms with E-state index in [-0.39, 0.29) is 34.2 Å². The molecule has 1 aliphatic heterocycles. The number of carbonyl (C=O) groups excluding carboxylic acids is 1. The molecule has 2 N–H and O–H groups in total. The summed E-state index contributed by atoms with van der Waals surface area (Å²) < 4.78 is 5.46. The highest BCUT2D eigenvalue weighted by molar-refractivity contribution is 6.06. The molecular weight excluding hydrogens is 336 g/mol. The fourth-order valence-electron chi connectivity index (χ4n) is 3.35. The molecule has 26 heavy (non-hydrogen) atoms. The van der Waals surface area contributed by atoms with E-state index in [0.717, 1.165) is 25.2 Å². The quantitative estimate of drug-likeness (QED) is 0.721. The van der Waals surface area contributed by atoms with Gasteiger partial charge < -0.3 is 19.6 Å². The monoisotopic (exact) mass is 354 g/mol. The number of nitrogens with zero attached hydrogens (tertiary/aromatic N) is 4. The maximum absolute atomic E-state index is 12.8. The Labute approximate surface area is 148 Å². The number of carbonyl (C=O) groups is 1. The van der Waals surface area contributed by atoms with Crippen LogP contribution >= 0.6 is 0 Å². The van der Waals surface area contributed by atoms with Crippen molar-refractivity contribution in [3.05, 3.63) is 46.3 Å². The number of H-pyrrole nitrogens is 1. The van der Waals surface area contributed by atoms with Gasteiger partial charge in [0, 0.05) is 25.3 Å². The Morgan fingerprint density at radius 1 is 1.46 bits per heavy atom. The van der Waals surface area contributed by atoms with Crippen LogP contribution < -0.4 is 15.8 Å². The third-order valence-electron chi connectivity index (χ3n) is 4.54. The first-order valence-corrected chi connectivity index (χ1v) is 8.44. The van der Waals surface area contributed by atoms with Gasteiger partial charge >= 0.3 is 0 Å². The van der Waals surface area contributed by atoms with Crippen LogP contribution in [0, 0.1) is 6.92 Å². The summed E-state index contributed by atoms with van der Waals surface area (Å²) in [5.74, 6) is 0.839. The van der Waals surface area contributed by atoms with Crippen LogP contribution in [0.2, 0.25) is 0 Å². The standard InChI is InChI=1S/C17H18N6O3/c1-10-13(14-15(24)18-9-19-17(14)26-10)16(25)21-11-4-3-7-23(8-11)12-5-2-6-20-22-12/h2,5-6,9,11H,3-4,7-8H2,1H3,(H,21,25)(H,18,19,24). The molecule has 0 aromatic carbocycles. The Balaban J connectivity index is 1.55. The molecule has 0 bridgehead atoms. The average molecular weight is 354 g/mol. The van der Waals surface area contributed by atoms with Crippen LogP contribution in [0.25, 0.3) is 11.1 Å². The van der Waals surface area contributed by atoms with Gasteiger partial charge in [0.25, 0.3) is 11.5 Å². The number of aromatic nitrogens is 4. The molecule has 1 amide bonds. The van der Waals surface area contributed by atoms with Crippen molar-refractivity contribution in [1.29, 1.82) is 0 Å². The lowest BCUT2D eigenvalue weighted by molar-refractivity contribution is 0.0933. The predicted molar refractivity (Wildman–Crippen MR) is 94.1 cm³/mol. The highest BCUT2D eigenvalue weighted by atomic mass is 16.3. The van der Waals surface area contributed by atoms with Crippen molar-refractivity contribution in [3.8, 4) is 0 Å². The molecule has 1 saturated heterocycles. The number of rotatable bonds is 3. The first-order chi connectivity index (χ1) is 12.6. The lowest BCUT2D eigenvalue weighted by Gasteiger charge is -2.33. The summed E-state index contributed by atoms with van der Waals surface area (Å²) >= 11 is 0. The zero-order valence-corrected chi connectivity index (χ0v) is 14.2. The summed E-state index contributed by atoms with van der Waals surface area (Å²) in [7, 11) is 0. The van der Waals surface area contributed by atoms with Gasteiger partial charge in [-0.1, -0.05) is 0 Å². The molecule has 4 heterocycles. The van der Waals surface area contributed by atoms with Crippen LogP contribution in [-0.2, 0) is 0 Å². The highest BCUT2D eigenvalue weighted by Crippen LogP contribution is 2.22. The molecule has 0 radical (unpaired) electrons. The Morgan fingerprint density at radius 2 is 2.35 bits per heavy atom. The minimum absolute atomic E-state index is 0.0571. The highest BCUT2D eigenvalue weighted by Gasteiger charge is 2.26. The first kappa shape index (κ1) is 16.2. The van der Waals surface area contributed by atoms with Gasteiger partial charge in [0.1, 0.15) is 11.1 Å². The number of amides is 1. The summed E-state index contributed by atoms with van der Waals surface area (Å²) in [5.41, 5.74) is 0.0223. The van der Waals surface area contributed by atoms with Gasteiger partial charge in [0.2, 0.25) is 5.71 Å². The molecular formula is C17H18N6O3. The van der Waals surface area contributed by atoms with Crippen molar-refractivity contribution in [2.75, 3.05) is 18.0 Å². The van der Waals surface area contributed by atoms with E-state index in [1.165, 1.54) is 6.33 Å². The second kappa shape index (κ2) is 6.58. The van der Waals surface area contributed by atoms with Crippen molar-refractivity contribution >= 4 is 22.8 Å². The topological polar surface area (TPSA) is 117 Å². The number of aryl methyl sites for hydroxylation is 1. The molecule has 3 aromatic rings. The van der Waals surface area contributed by atoms with Gasteiger partial charge in [-0.05, 0) is 31.9 Å². The molecule has 1 aliphatic rings. The van der Waals surface area contributed by atoms with Crippen molar-refractivity contribution in [3.63, 3.8) is 0 Å². The molecule has 1 fully saturated rings. The van der Waals surface area contributed by atoms with E-state index >= 15 is 0 Å². The zero-order chi connectivity index (χ0) is 18.1. The van der Waals surface area contributed by atoms with E-state index in [1.807, 2.05) is 12.1 Å². The van der Waals surface area contributed by atoms with Gasteiger partial charge in [0.15, 0.2) is 5.82 Å². The Morgan fingerprint density at radius 3 is 3.15 bits per heavy atom. The molecule has 134 valence electrons. The maximum Gasteiger partial charge on any atom is 0.262 e. The average Bonchev–Trinajstić information content (AvgIpc) is 3.00. The van der Waals surface area contributed by atoms with E-state index in [0.29, 0.717) is 12.3 Å². The van der Waals surface area contributed by atoms with Crippen LogP contribution in [0.5, 0.6) is 0 Å².